The van der Waals surface area contributed by atoms with Gasteiger partial charge < -0.3 is 10.6 Å². The quantitative estimate of drug-likeness (QED) is 0.782. The molecule has 3 heterocycles. The van der Waals surface area contributed by atoms with Crippen LogP contribution in [0.25, 0.3) is 0 Å². The molecule has 0 saturated heterocycles. The van der Waals surface area contributed by atoms with Crippen LogP contribution in [0.4, 0.5) is 16.0 Å². The number of hydrogen-bond donors (Lipinski definition) is 3. The van der Waals surface area contributed by atoms with Gasteiger partial charge in [-0.1, -0.05) is 0 Å². The molecule has 0 unspecified atom stereocenters. The van der Waals surface area contributed by atoms with Gasteiger partial charge in [-0.25, -0.2) is 14.4 Å². The zero-order valence-corrected chi connectivity index (χ0v) is 11.9. The molecule has 1 aliphatic rings. The van der Waals surface area contributed by atoms with Gasteiger partial charge in [-0.15, -0.1) is 0 Å². The third kappa shape index (κ3) is 1.94. The van der Waals surface area contributed by atoms with Crippen LogP contribution in [0.3, 0.4) is 0 Å². The Labute approximate surface area is 116 Å². The van der Waals surface area contributed by atoms with Crippen molar-refractivity contribution < 1.29 is 4.39 Å². The van der Waals surface area contributed by atoms with Crippen LogP contribution in [-0.4, -0.2) is 20.2 Å². The van der Waals surface area contributed by atoms with Crippen LogP contribution in [-0.2, 0) is 12.1 Å². The van der Waals surface area contributed by atoms with E-state index in [1.807, 2.05) is 0 Å². The molecule has 0 aliphatic carbocycles. The number of aryl methyl sites for hydroxylation is 2. The summed E-state index contributed by atoms with van der Waals surface area (Å²) in [4.78, 5) is 8.09. The molecule has 2 aromatic heterocycles. The Hall–Kier alpha value is -2.02. The molecule has 20 heavy (non-hydrogen) atoms. The number of rotatable bonds is 2. The monoisotopic (exact) mass is 276 g/mol. The minimum atomic E-state index is -0.447. The van der Waals surface area contributed by atoms with Crippen LogP contribution in [0.5, 0.6) is 0 Å². The van der Waals surface area contributed by atoms with Crippen molar-refractivity contribution >= 4 is 11.6 Å². The lowest BCUT2D eigenvalue weighted by Crippen LogP contribution is -2.29. The summed E-state index contributed by atoms with van der Waals surface area (Å²) in [5.74, 6) is 0.845. The molecular weight excluding hydrogens is 259 g/mol. The fourth-order valence-electron chi connectivity index (χ4n) is 2.45. The normalized spacial score (nSPS) is 16.2. The van der Waals surface area contributed by atoms with Gasteiger partial charge in [0.15, 0.2) is 17.5 Å². The summed E-state index contributed by atoms with van der Waals surface area (Å²) in [7, 11) is 0. The van der Waals surface area contributed by atoms with Crippen molar-refractivity contribution in [3.8, 4) is 0 Å². The second-order valence-corrected chi connectivity index (χ2v) is 5.55. The minimum absolute atomic E-state index is 0.154. The number of aromatic nitrogens is 4. The highest BCUT2D eigenvalue weighted by atomic mass is 19.1. The highest BCUT2D eigenvalue weighted by Gasteiger charge is 2.33. The molecule has 7 heteroatoms. The van der Waals surface area contributed by atoms with E-state index in [1.54, 1.807) is 13.8 Å². The number of hydrogen-bond acceptors (Lipinski definition) is 5. The van der Waals surface area contributed by atoms with Gasteiger partial charge in [0.2, 0.25) is 0 Å². The predicted octanol–water partition coefficient (Wildman–Crippen LogP) is 2.04. The first-order valence-corrected chi connectivity index (χ1v) is 6.49. The predicted molar refractivity (Wildman–Crippen MR) is 73.2 cm³/mol. The minimum Gasteiger partial charge on any atom is -0.321 e. The topological polar surface area (TPSA) is 78.5 Å². The Morgan fingerprint density at radius 2 is 1.95 bits per heavy atom. The van der Waals surface area contributed by atoms with E-state index in [2.05, 4.69) is 44.6 Å². The second-order valence-electron chi connectivity index (χ2n) is 5.55. The van der Waals surface area contributed by atoms with E-state index in [-0.39, 0.29) is 11.4 Å². The van der Waals surface area contributed by atoms with Crippen molar-refractivity contribution in [3.05, 3.63) is 28.6 Å². The summed E-state index contributed by atoms with van der Waals surface area (Å²) in [5, 5.41) is 13.6. The van der Waals surface area contributed by atoms with Crippen molar-refractivity contribution in [2.45, 2.75) is 39.8 Å². The molecule has 0 radical (unpaired) electrons. The highest BCUT2D eigenvalue weighted by molar-refractivity contribution is 5.59. The number of H-pyrrole nitrogens is 1. The summed E-state index contributed by atoms with van der Waals surface area (Å²) in [6.07, 6.45) is 0. The number of nitrogens with zero attached hydrogens (tertiary/aromatic N) is 3. The maximum atomic E-state index is 14.0. The molecule has 0 atom stereocenters. The van der Waals surface area contributed by atoms with E-state index in [1.165, 1.54) is 0 Å². The molecular formula is C13H17FN6. The Bertz CT molecular complexity index is 676. The Kier molecular flexibility index (Phi) is 2.75. The lowest BCUT2D eigenvalue weighted by atomic mass is 10.0. The number of halogens is 1. The van der Waals surface area contributed by atoms with E-state index in [0.717, 1.165) is 11.3 Å². The van der Waals surface area contributed by atoms with Gasteiger partial charge in [0.25, 0.3) is 0 Å². The smallest absolute Gasteiger partial charge is 0.187 e. The first kappa shape index (κ1) is 13.0. The zero-order chi connectivity index (χ0) is 14.5. The van der Waals surface area contributed by atoms with E-state index in [4.69, 9.17) is 0 Å². The van der Waals surface area contributed by atoms with E-state index in [0.29, 0.717) is 23.9 Å². The molecule has 3 N–H and O–H groups in total. The molecule has 0 fully saturated rings. The molecule has 0 bridgehead atoms. The standard InChI is InChI=1S/C13H17FN6/c1-6-9(14)12(17-7(2)16-6)18-11-8-5-15-13(3,4)10(8)19-20-11/h15H,5H2,1-4H3,(H2,16,17,18,19,20). The fourth-order valence-corrected chi connectivity index (χ4v) is 2.45. The fraction of sp³-hybridized carbons (Fsp3) is 0.462. The van der Waals surface area contributed by atoms with E-state index >= 15 is 0 Å². The van der Waals surface area contributed by atoms with Gasteiger partial charge in [0.1, 0.15) is 5.82 Å². The number of anilines is 2. The largest absolute Gasteiger partial charge is 0.321 e. The third-order valence-corrected chi connectivity index (χ3v) is 3.56. The van der Waals surface area contributed by atoms with Crippen molar-refractivity contribution in [1.29, 1.82) is 0 Å². The van der Waals surface area contributed by atoms with Crippen LogP contribution < -0.4 is 10.6 Å². The van der Waals surface area contributed by atoms with Crippen LogP contribution in [0, 0.1) is 19.7 Å². The van der Waals surface area contributed by atoms with E-state index in [9.17, 15) is 4.39 Å². The molecule has 0 spiro atoms. The summed E-state index contributed by atoms with van der Waals surface area (Å²) < 4.78 is 14.0. The van der Waals surface area contributed by atoms with Crippen molar-refractivity contribution in [2.75, 3.05) is 5.32 Å². The Morgan fingerprint density at radius 3 is 2.70 bits per heavy atom. The van der Waals surface area contributed by atoms with Gasteiger partial charge in [0, 0.05) is 12.1 Å². The van der Waals surface area contributed by atoms with Gasteiger partial charge in [0.05, 0.1) is 16.9 Å². The SMILES string of the molecule is Cc1nc(C)c(F)c(Nc2n[nH]c3c2CNC3(C)C)n1. The molecule has 2 aromatic rings. The van der Waals surface area contributed by atoms with Crippen LogP contribution in [0.15, 0.2) is 0 Å². The molecule has 0 saturated carbocycles. The molecule has 106 valence electrons. The second kappa shape index (κ2) is 4.24. The first-order chi connectivity index (χ1) is 9.38. The third-order valence-electron chi connectivity index (χ3n) is 3.56. The molecule has 1 aliphatic heterocycles. The van der Waals surface area contributed by atoms with Gasteiger partial charge >= 0.3 is 0 Å². The van der Waals surface area contributed by atoms with Crippen LogP contribution in [0.1, 0.15) is 36.6 Å². The van der Waals surface area contributed by atoms with Crippen molar-refractivity contribution in [2.24, 2.45) is 0 Å². The molecule has 6 nitrogen and oxygen atoms in total. The Morgan fingerprint density at radius 1 is 1.20 bits per heavy atom. The van der Waals surface area contributed by atoms with Crippen LogP contribution in [0.2, 0.25) is 0 Å². The highest BCUT2D eigenvalue weighted by Crippen LogP contribution is 2.33. The molecule has 0 amide bonds. The number of aromatic amines is 1. The van der Waals surface area contributed by atoms with Gasteiger partial charge in [-0.05, 0) is 27.7 Å². The molecule has 3 rings (SSSR count). The van der Waals surface area contributed by atoms with Gasteiger partial charge in [-0.3, -0.25) is 5.10 Å². The number of fused-ring (bicyclic) bond motifs is 1. The molecule has 0 aromatic carbocycles. The zero-order valence-electron chi connectivity index (χ0n) is 11.9. The Balaban J connectivity index is 1.98. The maximum Gasteiger partial charge on any atom is 0.187 e. The summed E-state index contributed by atoms with van der Waals surface area (Å²) >= 11 is 0. The summed E-state index contributed by atoms with van der Waals surface area (Å²) in [6.45, 7) is 8.18. The average molecular weight is 276 g/mol. The van der Waals surface area contributed by atoms with Crippen molar-refractivity contribution in [3.63, 3.8) is 0 Å². The lowest BCUT2D eigenvalue weighted by molar-refractivity contribution is 0.429. The van der Waals surface area contributed by atoms with E-state index < -0.39 is 5.82 Å². The van der Waals surface area contributed by atoms with Gasteiger partial charge in [-0.2, -0.15) is 5.10 Å². The first-order valence-electron chi connectivity index (χ1n) is 6.49. The maximum absolute atomic E-state index is 14.0. The van der Waals surface area contributed by atoms with Crippen molar-refractivity contribution in [1.82, 2.24) is 25.5 Å². The average Bonchev–Trinajstić information content (AvgIpc) is 2.89. The summed E-state index contributed by atoms with van der Waals surface area (Å²) in [5.41, 5.74) is 2.20. The lowest BCUT2D eigenvalue weighted by Gasteiger charge is -2.16. The van der Waals surface area contributed by atoms with Crippen LogP contribution >= 0.6 is 0 Å². The number of nitrogens with one attached hydrogen (secondary N) is 3. The summed E-state index contributed by atoms with van der Waals surface area (Å²) in [6, 6.07) is 0.